The summed E-state index contributed by atoms with van der Waals surface area (Å²) < 4.78 is 26.3. The van der Waals surface area contributed by atoms with Gasteiger partial charge in [-0.2, -0.15) is 5.10 Å². The van der Waals surface area contributed by atoms with Gasteiger partial charge in [-0.15, -0.1) is 0 Å². The van der Waals surface area contributed by atoms with Crippen molar-refractivity contribution in [2.24, 2.45) is 5.92 Å². The predicted octanol–water partition coefficient (Wildman–Crippen LogP) is 1.53. The average Bonchev–Trinajstić information content (AvgIpc) is 2.31. The van der Waals surface area contributed by atoms with E-state index in [9.17, 15) is 18.4 Å². The van der Waals surface area contributed by atoms with E-state index >= 15 is 0 Å². The number of carbonyl (C=O) groups excluding carboxylic acids is 1. The van der Waals surface area contributed by atoms with Gasteiger partial charge < -0.3 is 5.32 Å². The zero-order valence-corrected chi connectivity index (χ0v) is 9.58. The number of hydrogen-bond donors (Lipinski definition) is 2. The molecular weight excluding hydrogens is 244 g/mol. The third-order valence-corrected chi connectivity index (χ3v) is 2.94. The van der Waals surface area contributed by atoms with Gasteiger partial charge in [0.1, 0.15) is 0 Å². The second-order valence-electron chi connectivity index (χ2n) is 4.44. The lowest BCUT2D eigenvalue weighted by Gasteiger charge is -2.27. The minimum absolute atomic E-state index is 0.159. The number of anilines is 1. The van der Waals surface area contributed by atoms with E-state index in [0.29, 0.717) is 12.8 Å². The number of nitrogens with zero attached hydrogens (tertiary/aromatic N) is 1. The third kappa shape index (κ3) is 3.12. The average molecular weight is 257 g/mol. The first-order valence-electron chi connectivity index (χ1n) is 5.71. The molecule has 1 amide bonds. The molecule has 0 spiro atoms. The van der Waals surface area contributed by atoms with Crippen LogP contribution in [0.5, 0.6) is 0 Å². The van der Waals surface area contributed by atoms with Gasteiger partial charge in [0.2, 0.25) is 11.8 Å². The molecule has 0 unspecified atom stereocenters. The van der Waals surface area contributed by atoms with Crippen LogP contribution < -0.4 is 10.9 Å². The van der Waals surface area contributed by atoms with Crippen molar-refractivity contribution in [3.63, 3.8) is 0 Å². The van der Waals surface area contributed by atoms with Gasteiger partial charge in [-0.25, -0.2) is 13.9 Å². The van der Waals surface area contributed by atoms with Crippen molar-refractivity contribution >= 4 is 11.7 Å². The van der Waals surface area contributed by atoms with Gasteiger partial charge in [0.05, 0.1) is 0 Å². The second kappa shape index (κ2) is 4.83. The molecule has 2 rings (SSSR count). The zero-order valence-electron chi connectivity index (χ0n) is 9.58. The molecule has 1 aliphatic carbocycles. The van der Waals surface area contributed by atoms with Crippen LogP contribution in [0.25, 0.3) is 0 Å². The Morgan fingerprint density at radius 1 is 1.50 bits per heavy atom. The summed E-state index contributed by atoms with van der Waals surface area (Å²) in [5, 5.41) is 8.17. The van der Waals surface area contributed by atoms with Crippen LogP contribution >= 0.6 is 0 Å². The molecule has 5 nitrogen and oxygen atoms in total. The number of alkyl halides is 2. The maximum atomic E-state index is 13.2. The lowest BCUT2D eigenvalue weighted by molar-refractivity contribution is -0.127. The van der Waals surface area contributed by atoms with Crippen molar-refractivity contribution in [2.75, 3.05) is 5.32 Å². The van der Waals surface area contributed by atoms with Gasteiger partial charge in [0, 0.05) is 24.8 Å². The lowest BCUT2D eigenvalue weighted by atomic mass is 9.86. The molecule has 0 aliphatic heterocycles. The fraction of sp³-hybridized carbons (Fsp3) is 0.545. The fourth-order valence-corrected chi connectivity index (χ4v) is 2.04. The van der Waals surface area contributed by atoms with Crippen molar-refractivity contribution in [1.29, 1.82) is 0 Å². The monoisotopic (exact) mass is 257 g/mol. The molecular formula is C11H13F2N3O2. The van der Waals surface area contributed by atoms with Crippen LogP contribution in [0.4, 0.5) is 14.6 Å². The number of nitrogens with one attached hydrogen (secondary N) is 2. The molecule has 7 heteroatoms. The Kier molecular flexibility index (Phi) is 3.40. The summed E-state index contributed by atoms with van der Waals surface area (Å²) in [6, 6.07) is 2.54. The maximum Gasteiger partial charge on any atom is 0.264 e. The first-order chi connectivity index (χ1) is 8.46. The van der Waals surface area contributed by atoms with Gasteiger partial charge in [-0.1, -0.05) is 0 Å². The van der Waals surface area contributed by atoms with Gasteiger partial charge in [-0.05, 0) is 18.9 Å². The number of amides is 1. The molecule has 98 valence electrons. The Bertz CT molecular complexity index is 481. The van der Waals surface area contributed by atoms with E-state index in [1.807, 2.05) is 0 Å². The van der Waals surface area contributed by atoms with Gasteiger partial charge in [0.25, 0.3) is 5.56 Å². The molecule has 2 N–H and O–H groups in total. The summed E-state index contributed by atoms with van der Waals surface area (Å²) >= 11 is 0. The quantitative estimate of drug-likeness (QED) is 0.843. The highest BCUT2D eigenvalue weighted by atomic mass is 19.3. The molecule has 18 heavy (non-hydrogen) atoms. The summed E-state index contributed by atoms with van der Waals surface area (Å²) in [4.78, 5) is 22.5. The Morgan fingerprint density at radius 3 is 2.89 bits per heavy atom. The Labute approximate surface area is 102 Å². The largest absolute Gasteiger partial charge is 0.309 e. The van der Waals surface area contributed by atoms with E-state index < -0.39 is 29.7 Å². The molecule has 1 saturated carbocycles. The summed E-state index contributed by atoms with van der Waals surface area (Å²) in [6.45, 7) is 0. The van der Waals surface area contributed by atoms with E-state index in [-0.39, 0.29) is 12.2 Å². The van der Waals surface area contributed by atoms with E-state index in [2.05, 4.69) is 15.5 Å². The van der Waals surface area contributed by atoms with Crippen LogP contribution in [0.15, 0.2) is 16.9 Å². The number of halogens is 2. The van der Waals surface area contributed by atoms with Crippen molar-refractivity contribution in [2.45, 2.75) is 31.6 Å². The summed E-state index contributed by atoms with van der Waals surface area (Å²) in [5.74, 6) is -3.79. The van der Waals surface area contributed by atoms with E-state index in [0.717, 1.165) is 0 Å². The van der Waals surface area contributed by atoms with Crippen LogP contribution in [0.3, 0.4) is 0 Å². The topological polar surface area (TPSA) is 74.8 Å². The second-order valence-corrected chi connectivity index (χ2v) is 4.44. The number of H-pyrrole nitrogens is 1. The first kappa shape index (κ1) is 12.7. The standard InChI is InChI=1S/C11H13F2N3O2/c12-11(13)5-1-2-7(6-11)10(18)14-8-3-4-9(17)16-15-8/h3-4,7H,1-2,5-6H2,(H,16,17)(H,14,15,18)/t7-/m0/s1. The molecule has 0 saturated heterocycles. The van der Waals surface area contributed by atoms with Gasteiger partial charge in [-0.3, -0.25) is 9.59 Å². The Hall–Kier alpha value is -1.79. The smallest absolute Gasteiger partial charge is 0.264 e. The number of aromatic amines is 1. The predicted molar refractivity (Wildman–Crippen MR) is 60.4 cm³/mol. The van der Waals surface area contributed by atoms with E-state index in [4.69, 9.17) is 0 Å². The first-order valence-corrected chi connectivity index (χ1v) is 5.71. The van der Waals surface area contributed by atoms with Crippen molar-refractivity contribution in [3.8, 4) is 0 Å². The molecule has 0 bridgehead atoms. The maximum absolute atomic E-state index is 13.2. The molecule has 1 aliphatic rings. The van der Waals surface area contributed by atoms with Crippen molar-refractivity contribution < 1.29 is 13.6 Å². The minimum atomic E-state index is -2.77. The van der Waals surface area contributed by atoms with Crippen LogP contribution in [0.1, 0.15) is 25.7 Å². The highest BCUT2D eigenvalue weighted by Crippen LogP contribution is 2.36. The summed E-state index contributed by atoms with van der Waals surface area (Å²) in [7, 11) is 0. The van der Waals surface area contributed by atoms with Crippen LogP contribution in [0, 0.1) is 5.92 Å². The molecule has 1 aromatic heterocycles. The number of rotatable bonds is 2. The van der Waals surface area contributed by atoms with Gasteiger partial charge in [0.15, 0.2) is 5.82 Å². The van der Waals surface area contributed by atoms with Gasteiger partial charge >= 0.3 is 0 Å². The van der Waals surface area contributed by atoms with E-state index in [1.165, 1.54) is 12.1 Å². The normalized spacial score (nSPS) is 22.4. The number of aromatic nitrogens is 2. The molecule has 1 fully saturated rings. The third-order valence-electron chi connectivity index (χ3n) is 2.94. The molecule has 1 aromatic rings. The Balaban J connectivity index is 1.99. The lowest BCUT2D eigenvalue weighted by Crippen LogP contribution is -2.34. The van der Waals surface area contributed by atoms with Crippen molar-refractivity contribution in [1.82, 2.24) is 10.2 Å². The van der Waals surface area contributed by atoms with E-state index in [1.54, 1.807) is 0 Å². The SMILES string of the molecule is O=C(Nc1ccc(=O)[nH]n1)[C@H]1CCCC(F)(F)C1. The zero-order chi connectivity index (χ0) is 13.2. The highest BCUT2D eigenvalue weighted by molar-refractivity contribution is 5.91. The van der Waals surface area contributed by atoms with Crippen LogP contribution in [-0.2, 0) is 4.79 Å². The molecule has 0 radical (unpaired) electrons. The minimum Gasteiger partial charge on any atom is -0.309 e. The number of carbonyl (C=O) groups is 1. The fourth-order valence-electron chi connectivity index (χ4n) is 2.04. The van der Waals surface area contributed by atoms with Crippen LogP contribution in [-0.4, -0.2) is 22.0 Å². The summed E-state index contributed by atoms with van der Waals surface area (Å²) in [5.41, 5.74) is -0.391. The highest BCUT2D eigenvalue weighted by Gasteiger charge is 2.39. The van der Waals surface area contributed by atoms with Crippen molar-refractivity contribution in [3.05, 3.63) is 22.5 Å². The van der Waals surface area contributed by atoms with Crippen LogP contribution in [0.2, 0.25) is 0 Å². The molecule has 0 aromatic carbocycles. The molecule has 1 heterocycles. The Morgan fingerprint density at radius 2 is 2.28 bits per heavy atom. The summed E-state index contributed by atoms with van der Waals surface area (Å²) in [6.07, 6.45) is 0.199. The number of hydrogen-bond acceptors (Lipinski definition) is 3. The molecule has 1 atom stereocenters.